The fourth-order valence-corrected chi connectivity index (χ4v) is 2.24. The van der Waals surface area contributed by atoms with E-state index < -0.39 is 0 Å². The summed E-state index contributed by atoms with van der Waals surface area (Å²) in [5.41, 5.74) is -0.0334. The maximum absolute atomic E-state index is 11.8. The van der Waals surface area contributed by atoms with Crippen molar-refractivity contribution in [2.45, 2.75) is 44.7 Å². The topological polar surface area (TPSA) is 51.1 Å². The van der Waals surface area contributed by atoms with Gasteiger partial charge in [0.05, 0.1) is 0 Å². The van der Waals surface area contributed by atoms with Crippen LogP contribution < -0.4 is 10.7 Å². The van der Waals surface area contributed by atoms with Crippen molar-refractivity contribution in [3.8, 4) is 0 Å². The van der Waals surface area contributed by atoms with Crippen molar-refractivity contribution in [1.82, 2.24) is 9.88 Å². The molecule has 4 heteroatoms. The van der Waals surface area contributed by atoms with E-state index in [0.29, 0.717) is 6.04 Å². The van der Waals surface area contributed by atoms with Gasteiger partial charge in [-0.3, -0.25) is 9.59 Å². The first-order valence-electron chi connectivity index (χ1n) is 6.19. The molecule has 0 saturated heterocycles. The fraction of sp³-hybridized carbons (Fsp3) is 0.538. The molecule has 1 saturated carbocycles. The van der Waals surface area contributed by atoms with Gasteiger partial charge in [0, 0.05) is 30.6 Å². The summed E-state index contributed by atoms with van der Waals surface area (Å²) in [6.45, 7) is 0.288. The smallest absolute Gasteiger partial charge is 0.240 e. The predicted octanol–water partition coefficient (Wildman–Crippen LogP) is 1.30. The number of hydrogen-bond donors (Lipinski definition) is 1. The monoisotopic (exact) mass is 234 g/mol. The molecule has 1 aliphatic carbocycles. The lowest BCUT2D eigenvalue weighted by Crippen LogP contribution is -2.38. The van der Waals surface area contributed by atoms with Gasteiger partial charge in [0.15, 0.2) is 5.43 Å². The Kier molecular flexibility index (Phi) is 3.96. The molecule has 1 heterocycles. The maximum Gasteiger partial charge on any atom is 0.240 e. The summed E-state index contributed by atoms with van der Waals surface area (Å²) >= 11 is 0. The number of rotatable bonds is 3. The van der Waals surface area contributed by atoms with E-state index in [1.54, 1.807) is 17.0 Å². The summed E-state index contributed by atoms with van der Waals surface area (Å²) in [6, 6.07) is 3.28. The van der Waals surface area contributed by atoms with E-state index in [1.165, 1.54) is 31.4 Å². The van der Waals surface area contributed by atoms with Crippen LogP contribution in [0.5, 0.6) is 0 Å². The molecular weight excluding hydrogens is 216 g/mol. The van der Waals surface area contributed by atoms with Crippen LogP contribution in [0.3, 0.4) is 0 Å². The summed E-state index contributed by atoms with van der Waals surface area (Å²) in [5.74, 6) is 0.0283. The van der Waals surface area contributed by atoms with Crippen LogP contribution in [-0.2, 0) is 11.3 Å². The number of carbonyl (C=O) groups excluding carboxylic acids is 1. The Bertz CT molecular complexity index is 413. The molecule has 1 aromatic heterocycles. The van der Waals surface area contributed by atoms with Gasteiger partial charge in [-0.05, 0) is 12.8 Å². The highest BCUT2D eigenvalue weighted by Gasteiger charge is 2.15. The zero-order valence-corrected chi connectivity index (χ0v) is 9.89. The average Bonchev–Trinajstić information content (AvgIpc) is 2.33. The zero-order chi connectivity index (χ0) is 12.1. The summed E-state index contributed by atoms with van der Waals surface area (Å²) in [4.78, 5) is 22.7. The third-order valence-corrected chi connectivity index (χ3v) is 3.16. The number of nitrogens with zero attached hydrogens (tertiary/aromatic N) is 1. The zero-order valence-electron chi connectivity index (χ0n) is 9.89. The highest BCUT2D eigenvalue weighted by atomic mass is 16.2. The van der Waals surface area contributed by atoms with Crippen LogP contribution in [0.1, 0.15) is 32.1 Å². The molecule has 0 radical (unpaired) electrons. The van der Waals surface area contributed by atoms with Crippen LogP contribution in [-0.4, -0.2) is 16.5 Å². The molecule has 0 bridgehead atoms. The van der Waals surface area contributed by atoms with Gasteiger partial charge >= 0.3 is 0 Å². The molecule has 0 aliphatic heterocycles. The standard InChI is InChI=1S/C13H18N2O2/c16-12-6-8-15(9-7-12)10-13(17)14-11-4-2-1-3-5-11/h6-9,11H,1-5,10H2,(H,14,17). The molecule has 1 fully saturated rings. The first kappa shape index (κ1) is 11.9. The minimum Gasteiger partial charge on any atom is -0.352 e. The van der Waals surface area contributed by atoms with Crippen LogP contribution in [0, 0.1) is 0 Å². The molecule has 0 spiro atoms. The highest BCUT2D eigenvalue weighted by Crippen LogP contribution is 2.17. The summed E-state index contributed by atoms with van der Waals surface area (Å²) in [5, 5.41) is 3.04. The van der Waals surface area contributed by atoms with Crippen molar-refractivity contribution in [3.63, 3.8) is 0 Å². The van der Waals surface area contributed by atoms with E-state index in [9.17, 15) is 9.59 Å². The van der Waals surface area contributed by atoms with Gasteiger partial charge in [0.2, 0.25) is 5.91 Å². The lowest BCUT2D eigenvalue weighted by molar-refractivity contribution is -0.122. The molecule has 0 atom stereocenters. The second-order valence-electron chi connectivity index (χ2n) is 4.61. The van der Waals surface area contributed by atoms with E-state index in [0.717, 1.165) is 12.8 Å². The van der Waals surface area contributed by atoms with Crippen LogP contribution in [0.15, 0.2) is 29.3 Å². The Morgan fingerprint density at radius 3 is 2.53 bits per heavy atom. The molecular formula is C13H18N2O2. The third kappa shape index (κ3) is 3.73. The summed E-state index contributed by atoms with van der Waals surface area (Å²) in [6.07, 6.45) is 9.18. The predicted molar refractivity (Wildman–Crippen MR) is 65.7 cm³/mol. The molecule has 2 rings (SSSR count). The Labute approximate surface area is 101 Å². The third-order valence-electron chi connectivity index (χ3n) is 3.16. The van der Waals surface area contributed by atoms with Gasteiger partial charge in [-0.15, -0.1) is 0 Å². The first-order valence-corrected chi connectivity index (χ1v) is 6.19. The van der Waals surface area contributed by atoms with Gasteiger partial charge in [-0.1, -0.05) is 19.3 Å². The lowest BCUT2D eigenvalue weighted by Gasteiger charge is -2.22. The number of carbonyl (C=O) groups is 1. The number of hydrogen-bond acceptors (Lipinski definition) is 2. The van der Waals surface area contributed by atoms with E-state index in [1.807, 2.05) is 0 Å². The van der Waals surface area contributed by atoms with E-state index in [2.05, 4.69) is 5.32 Å². The van der Waals surface area contributed by atoms with E-state index >= 15 is 0 Å². The molecule has 4 nitrogen and oxygen atoms in total. The molecule has 1 aromatic rings. The lowest BCUT2D eigenvalue weighted by atomic mass is 9.95. The Hall–Kier alpha value is -1.58. The second kappa shape index (κ2) is 5.66. The minimum atomic E-state index is -0.0334. The SMILES string of the molecule is O=C(Cn1ccc(=O)cc1)NC1CCCCC1. The largest absolute Gasteiger partial charge is 0.352 e. The number of aromatic nitrogens is 1. The molecule has 17 heavy (non-hydrogen) atoms. The minimum absolute atomic E-state index is 0.0283. The van der Waals surface area contributed by atoms with Crippen LogP contribution in [0.25, 0.3) is 0 Å². The Morgan fingerprint density at radius 1 is 1.24 bits per heavy atom. The molecule has 1 amide bonds. The van der Waals surface area contributed by atoms with Crippen molar-refractivity contribution in [1.29, 1.82) is 0 Å². The molecule has 0 aromatic carbocycles. The fourth-order valence-electron chi connectivity index (χ4n) is 2.24. The van der Waals surface area contributed by atoms with Crippen LogP contribution >= 0.6 is 0 Å². The second-order valence-corrected chi connectivity index (χ2v) is 4.61. The number of amides is 1. The quantitative estimate of drug-likeness (QED) is 0.857. The van der Waals surface area contributed by atoms with E-state index in [-0.39, 0.29) is 17.9 Å². The van der Waals surface area contributed by atoms with Gasteiger partial charge in [-0.25, -0.2) is 0 Å². The van der Waals surface area contributed by atoms with Gasteiger partial charge in [0.1, 0.15) is 6.54 Å². The molecule has 0 unspecified atom stereocenters. The van der Waals surface area contributed by atoms with Gasteiger partial charge in [0.25, 0.3) is 0 Å². The van der Waals surface area contributed by atoms with Crippen molar-refractivity contribution in [2.75, 3.05) is 0 Å². The van der Waals surface area contributed by atoms with Crippen molar-refractivity contribution < 1.29 is 4.79 Å². The van der Waals surface area contributed by atoms with Crippen molar-refractivity contribution in [2.24, 2.45) is 0 Å². The first-order chi connectivity index (χ1) is 8.24. The molecule has 1 aliphatic rings. The van der Waals surface area contributed by atoms with Gasteiger partial charge in [-0.2, -0.15) is 0 Å². The summed E-state index contributed by atoms with van der Waals surface area (Å²) < 4.78 is 1.72. The average molecular weight is 234 g/mol. The highest BCUT2D eigenvalue weighted by molar-refractivity contribution is 5.76. The molecule has 1 N–H and O–H groups in total. The number of nitrogens with one attached hydrogen (secondary N) is 1. The Balaban J connectivity index is 1.84. The van der Waals surface area contributed by atoms with Crippen LogP contribution in [0.4, 0.5) is 0 Å². The Morgan fingerprint density at radius 2 is 1.88 bits per heavy atom. The van der Waals surface area contributed by atoms with Crippen molar-refractivity contribution >= 4 is 5.91 Å². The van der Waals surface area contributed by atoms with Crippen LogP contribution in [0.2, 0.25) is 0 Å². The van der Waals surface area contributed by atoms with Crippen molar-refractivity contribution in [3.05, 3.63) is 34.7 Å². The molecule has 92 valence electrons. The van der Waals surface area contributed by atoms with E-state index in [4.69, 9.17) is 0 Å². The normalized spacial score (nSPS) is 16.7. The summed E-state index contributed by atoms with van der Waals surface area (Å²) in [7, 11) is 0. The van der Waals surface area contributed by atoms with Gasteiger partial charge < -0.3 is 9.88 Å². The number of pyridine rings is 1. The maximum atomic E-state index is 11.8.